The van der Waals surface area contributed by atoms with Gasteiger partial charge in [0.05, 0.1) is 17.7 Å². The Morgan fingerprint density at radius 1 is 1.14 bits per heavy atom. The first-order valence-electron chi connectivity index (χ1n) is 9.06. The van der Waals surface area contributed by atoms with Crippen LogP contribution in [0.5, 0.6) is 5.75 Å². The number of carbonyl (C=O) groups is 2. The highest BCUT2D eigenvalue weighted by Gasteiger charge is 2.26. The SMILES string of the molecule is COc1ccc(S(=O)(=O)Nc2ccc(C(=O)N(C)C)cc2)cc1N1CCCC1=O. The topological polar surface area (TPSA) is 96.0 Å². The number of nitrogens with one attached hydrogen (secondary N) is 1. The Labute approximate surface area is 170 Å². The number of carbonyl (C=O) groups excluding carboxylic acids is 2. The highest BCUT2D eigenvalue weighted by molar-refractivity contribution is 7.92. The van der Waals surface area contributed by atoms with Crippen molar-refractivity contribution in [2.24, 2.45) is 0 Å². The maximum absolute atomic E-state index is 12.8. The van der Waals surface area contributed by atoms with E-state index in [1.165, 1.54) is 42.3 Å². The van der Waals surface area contributed by atoms with Crippen molar-refractivity contribution in [2.75, 3.05) is 37.4 Å². The highest BCUT2D eigenvalue weighted by atomic mass is 32.2. The molecule has 1 N–H and O–H groups in total. The van der Waals surface area contributed by atoms with Gasteiger partial charge < -0.3 is 14.5 Å². The molecule has 8 nitrogen and oxygen atoms in total. The third-order valence-corrected chi connectivity index (χ3v) is 5.99. The summed E-state index contributed by atoms with van der Waals surface area (Å²) < 4.78 is 33.5. The summed E-state index contributed by atoms with van der Waals surface area (Å²) in [6.07, 6.45) is 1.14. The molecule has 0 saturated carbocycles. The first kappa shape index (κ1) is 20.7. The van der Waals surface area contributed by atoms with E-state index in [9.17, 15) is 18.0 Å². The molecule has 9 heteroatoms. The third kappa shape index (κ3) is 4.34. The van der Waals surface area contributed by atoms with Gasteiger partial charge in [-0.25, -0.2) is 8.42 Å². The Morgan fingerprint density at radius 3 is 2.38 bits per heavy atom. The van der Waals surface area contributed by atoms with Crippen LogP contribution in [-0.2, 0) is 14.8 Å². The van der Waals surface area contributed by atoms with Crippen LogP contribution in [-0.4, -0.2) is 52.9 Å². The van der Waals surface area contributed by atoms with Crippen LogP contribution >= 0.6 is 0 Å². The summed E-state index contributed by atoms with van der Waals surface area (Å²) in [5.41, 5.74) is 1.22. The molecule has 154 valence electrons. The van der Waals surface area contributed by atoms with Gasteiger partial charge in [0.15, 0.2) is 0 Å². The molecule has 0 aliphatic carbocycles. The van der Waals surface area contributed by atoms with Crippen LogP contribution in [0.2, 0.25) is 0 Å². The molecule has 2 amide bonds. The fourth-order valence-electron chi connectivity index (χ4n) is 3.10. The highest BCUT2D eigenvalue weighted by Crippen LogP contribution is 2.34. The van der Waals surface area contributed by atoms with Crippen LogP contribution in [0.3, 0.4) is 0 Å². The number of rotatable bonds is 6. The van der Waals surface area contributed by atoms with Gasteiger partial charge in [-0.05, 0) is 48.9 Å². The van der Waals surface area contributed by atoms with E-state index in [4.69, 9.17) is 4.74 Å². The number of hydrogen-bond donors (Lipinski definition) is 1. The van der Waals surface area contributed by atoms with Crippen molar-refractivity contribution in [3.8, 4) is 5.75 Å². The number of benzene rings is 2. The molecule has 2 aromatic rings. The van der Waals surface area contributed by atoms with Crippen molar-refractivity contribution >= 4 is 33.2 Å². The Bertz CT molecular complexity index is 1030. The van der Waals surface area contributed by atoms with Gasteiger partial charge in [0.25, 0.3) is 15.9 Å². The molecule has 29 heavy (non-hydrogen) atoms. The van der Waals surface area contributed by atoms with Crippen LogP contribution in [0.4, 0.5) is 11.4 Å². The van der Waals surface area contributed by atoms with Crippen LogP contribution in [0, 0.1) is 0 Å². The first-order valence-corrected chi connectivity index (χ1v) is 10.5. The van der Waals surface area contributed by atoms with Crippen molar-refractivity contribution in [3.63, 3.8) is 0 Å². The zero-order chi connectivity index (χ0) is 21.2. The zero-order valence-corrected chi connectivity index (χ0v) is 17.3. The Balaban J connectivity index is 1.87. The van der Waals surface area contributed by atoms with Gasteiger partial charge in [-0.3, -0.25) is 14.3 Å². The van der Waals surface area contributed by atoms with Crippen LogP contribution in [0.15, 0.2) is 47.4 Å². The number of hydrogen-bond acceptors (Lipinski definition) is 5. The summed E-state index contributed by atoms with van der Waals surface area (Å²) in [4.78, 5) is 27.1. The van der Waals surface area contributed by atoms with Crippen molar-refractivity contribution in [1.82, 2.24) is 4.90 Å². The van der Waals surface area contributed by atoms with Gasteiger partial charge in [-0.2, -0.15) is 0 Å². The standard InChI is InChI=1S/C20H23N3O5S/c1-22(2)20(25)14-6-8-15(9-7-14)21-29(26,27)16-10-11-18(28-3)17(13-16)23-12-4-5-19(23)24/h6-11,13,21H,4-5,12H2,1-3H3. The van der Waals surface area contributed by atoms with Crippen LogP contribution in [0.1, 0.15) is 23.2 Å². The minimum absolute atomic E-state index is 0.0152. The molecule has 0 atom stereocenters. The lowest BCUT2D eigenvalue weighted by molar-refractivity contribution is -0.117. The van der Waals surface area contributed by atoms with Crippen molar-refractivity contribution in [1.29, 1.82) is 0 Å². The van der Waals surface area contributed by atoms with E-state index < -0.39 is 10.0 Å². The molecular weight excluding hydrogens is 394 g/mol. The van der Waals surface area contributed by atoms with E-state index in [1.54, 1.807) is 31.1 Å². The molecular formula is C20H23N3O5S. The van der Waals surface area contributed by atoms with Gasteiger partial charge in [0.2, 0.25) is 5.91 Å². The van der Waals surface area contributed by atoms with E-state index in [0.717, 1.165) is 6.42 Å². The second-order valence-corrected chi connectivity index (χ2v) is 8.55. The molecule has 1 saturated heterocycles. The summed E-state index contributed by atoms with van der Waals surface area (Å²) >= 11 is 0. The molecule has 1 fully saturated rings. The second kappa shape index (κ2) is 8.12. The van der Waals surface area contributed by atoms with E-state index in [-0.39, 0.29) is 16.7 Å². The summed E-state index contributed by atoms with van der Waals surface area (Å²) in [6.45, 7) is 0.521. The third-order valence-electron chi connectivity index (χ3n) is 4.62. The second-order valence-electron chi connectivity index (χ2n) is 6.87. The minimum Gasteiger partial charge on any atom is -0.495 e. The molecule has 1 aliphatic rings. The average molecular weight is 417 g/mol. The molecule has 0 radical (unpaired) electrons. The summed E-state index contributed by atoms with van der Waals surface area (Å²) in [6, 6.07) is 10.6. The van der Waals surface area contributed by atoms with Gasteiger partial charge in [-0.1, -0.05) is 0 Å². The number of ether oxygens (including phenoxy) is 1. The summed E-state index contributed by atoms with van der Waals surface area (Å²) in [5.74, 6) is 0.201. The number of nitrogens with zero attached hydrogens (tertiary/aromatic N) is 2. The van der Waals surface area contributed by atoms with Crippen molar-refractivity contribution in [3.05, 3.63) is 48.0 Å². The van der Waals surface area contributed by atoms with E-state index >= 15 is 0 Å². The Hall–Kier alpha value is -3.07. The van der Waals surface area contributed by atoms with Gasteiger partial charge in [-0.15, -0.1) is 0 Å². The molecule has 3 rings (SSSR count). The Morgan fingerprint density at radius 2 is 1.83 bits per heavy atom. The number of amides is 2. The lowest BCUT2D eigenvalue weighted by Gasteiger charge is -2.20. The lowest BCUT2D eigenvalue weighted by Crippen LogP contribution is -2.25. The molecule has 0 unspecified atom stereocenters. The quantitative estimate of drug-likeness (QED) is 0.778. The molecule has 0 aromatic heterocycles. The van der Waals surface area contributed by atoms with E-state index in [2.05, 4.69) is 4.72 Å². The molecule has 2 aromatic carbocycles. The summed E-state index contributed by atoms with van der Waals surface area (Å²) in [5, 5.41) is 0. The molecule has 1 aliphatic heterocycles. The van der Waals surface area contributed by atoms with Crippen molar-refractivity contribution in [2.45, 2.75) is 17.7 Å². The molecule has 1 heterocycles. The van der Waals surface area contributed by atoms with Crippen LogP contribution < -0.4 is 14.4 Å². The fraction of sp³-hybridized carbons (Fsp3) is 0.300. The average Bonchev–Trinajstić information content (AvgIpc) is 3.12. The van der Waals surface area contributed by atoms with Gasteiger partial charge >= 0.3 is 0 Å². The Kier molecular flexibility index (Phi) is 5.78. The van der Waals surface area contributed by atoms with Crippen molar-refractivity contribution < 1.29 is 22.7 Å². The van der Waals surface area contributed by atoms with Crippen LogP contribution in [0.25, 0.3) is 0 Å². The monoisotopic (exact) mass is 417 g/mol. The fourth-order valence-corrected chi connectivity index (χ4v) is 4.18. The number of sulfonamides is 1. The first-order chi connectivity index (χ1) is 13.7. The maximum Gasteiger partial charge on any atom is 0.261 e. The number of anilines is 2. The van der Waals surface area contributed by atoms with Gasteiger partial charge in [0.1, 0.15) is 5.75 Å². The normalized spacial score (nSPS) is 14.0. The largest absolute Gasteiger partial charge is 0.495 e. The summed E-state index contributed by atoms with van der Waals surface area (Å²) in [7, 11) is 0.867. The predicted molar refractivity (Wildman–Crippen MR) is 110 cm³/mol. The number of methoxy groups -OCH3 is 1. The smallest absolute Gasteiger partial charge is 0.261 e. The zero-order valence-electron chi connectivity index (χ0n) is 16.5. The van der Waals surface area contributed by atoms with E-state index in [0.29, 0.717) is 35.7 Å². The maximum atomic E-state index is 12.8. The van der Waals surface area contributed by atoms with Gasteiger partial charge in [0, 0.05) is 38.3 Å². The predicted octanol–water partition coefficient (Wildman–Crippen LogP) is 2.32. The minimum atomic E-state index is -3.90. The van der Waals surface area contributed by atoms with E-state index in [1.807, 2.05) is 0 Å². The lowest BCUT2D eigenvalue weighted by atomic mass is 10.2. The molecule has 0 bridgehead atoms. The molecule has 0 spiro atoms.